The van der Waals surface area contributed by atoms with E-state index < -0.39 is 17.4 Å². The second-order valence-corrected chi connectivity index (χ2v) is 11.4. The minimum absolute atomic E-state index is 0.0291. The van der Waals surface area contributed by atoms with E-state index in [2.05, 4.69) is 42.4 Å². The van der Waals surface area contributed by atoms with Crippen molar-refractivity contribution in [3.8, 4) is 0 Å². The number of piperazine rings is 1. The van der Waals surface area contributed by atoms with Gasteiger partial charge in [0.15, 0.2) is 0 Å². The number of nitrogens with zero attached hydrogens (tertiary/aromatic N) is 8. The lowest BCUT2D eigenvalue weighted by molar-refractivity contribution is -0.169. The van der Waals surface area contributed by atoms with Gasteiger partial charge in [0.2, 0.25) is 29.7 Å². The number of hydrogen-bond donors (Lipinski definition) is 0. The first kappa shape index (κ1) is 31.7. The third-order valence-electron chi connectivity index (χ3n) is 9.15. The summed E-state index contributed by atoms with van der Waals surface area (Å²) in [4.78, 5) is 65.2. The molecule has 2 saturated heterocycles. The molecular formula is C30H50N8O4. The van der Waals surface area contributed by atoms with E-state index in [4.69, 9.17) is 19.7 Å². The Labute approximate surface area is 250 Å². The molecule has 234 valence electrons. The number of likely N-dealkylation sites (tertiary alicyclic amines) is 1. The standard InChI is InChI=1S/C30H50N8O4/c1-6-34(7-2)27-31-28(35(8-3)9-4)33-29(32-27)37-21-19-36(20-22-37)24(39)23-15-14-18-38(23)25(40)30(26(41)42-10-5)16-12-11-13-17-30/h23H,6-22H2,1-5H3. The Hall–Kier alpha value is -3.18. The molecule has 1 saturated carbocycles. The lowest BCUT2D eigenvalue weighted by Crippen LogP contribution is -2.58. The second-order valence-electron chi connectivity index (χ2n) is 11.4. The van der Waals surface area contributed by atoms with E-state index in [1.54, 1.807) is 11.8 Å². The Kier molecular flexibility index (Phi) is 10.8. The Balaban J connectivity index is 1.47. The lowest BCUT2D eigenvalue weighted by Gasteiger charge is -2.40. The maximum atomic E-state index is 14.0. The SMILES string of the molecule is CCOC(=O)C1(C(=O)N2CCCC2C(=O)N2CCN(c3nc(N(CC)CC)nc(N(CC)CC)n3)CC2)CCCCC1. The van der Waals surface area contributed by atoms with E-state index >= 15 is 0 Å². The van der Waals surface area contributed by atoms with Crippen molar-refractivity contribution < 1.29 is 19.1 Å². The molecule has 1 aromatic heterocycles. The molecule has 0 N–H and O–H groups in total. The highest BCUT2D eigenvalue weighted by molar-refractivity contribution is 6.04. The van der Waals surface area contributed by atoms with Gasteiger partial charge in [-0.3, -0.25) is 14.4 Å². The van der Waals surface area contributed by atoms with E-state index in [1.807, 2.05) is 4.90 Å². The van der Waals surface area contributed by atoms with E-state index in [-0.39, 0.29) is 18.4 Å². The number of amides is 2. The topological polar surface area (TPSA) is 115 Å². The molecule has 1 atom stereocenters. The number of hydrogen-bond acceptors (Lipinski definition) is 10. The zero-order chi connectivity index (χ0) is 30.3. The fourth-order valence-electron chi connectivity index (χ4n) is 6.59. The van der Waals surface area contributed by atoms with Crippen LogP contribution in [0.25, 0.3) is 0 Å². The predicted molar refractivity (Wildman–Crippen MR) is 163 cm³/mol. The minimum atomic E-state index is -1.15. The number of aromatic nitrogens is 3. The van der Waals surface area contributed by atoms with Crippen LogP contribution in [0.4, 0.5) is 17.8 Å². The molecule has 2 amide bonds. The highest BCUT2D eigenvalue weighted by atomic mass is 16.5. The molecule has 42 heavy (non-hydrogen) atoms. The Morgan fingerprint density at radius 3 is 1.88 bits per heavy atom. The third kappa shape index (κ3) is 6.41. The average molecular weight is 587 g/mol. The fourth-order valence-corrected chi connectivity index (χ4v) is 6.59. The number of carbonyl (C=O) groups excluding carboxylic acids is 3. The quantitative estimate of drug-likeness (QED) is 0.283. The van der Waals surface area contributed by atoms with Crippen molar-refractivity contribution in [3.05, 3.63) is 0 Å². The summed E-state index contributed by atoms with van der Waals surface area (Å²) in [5.74, 6) is 1.30. The maximum absolute atomic E-state index is 14.0. The van der Waals surface area contributed by atoms with Crippen LogP contribution in [-0.4, -0.2) is 114 Å². The van der Waals surface area contributed by atoms with Gasteiger partial charge in [0.05, 0.1) is 6.61 Å². The number of ether oxygens (including phenoxy) is 1. The zero-order valence-corrected chi connectivity index (χ0v) is 26.3. The van der Waals surface area contributed by atoms with E-state index in [1.165, 1.54) is 0 Å². The van der Waals surface area contributed by atoms with E-state index in [0.29, 0.717) is 69.8 Å². The Morgan fingerprint density at radius 1 is 0.786 bits per heavy atom. The molecule has 3 heterocycles. The van der Waals surface area contributed by atoms with Gasteiger partial charge in [0.25, 0.3) is 0 Å². The molecule has 3 aliphatic rings. The molecule has 3 fully saturated rings. The van der Waals surface area contributed by atoms with Crippen molar-refractivity contribution in [2.24, 2.45) is 5.41 Å². The molecule has 0 aromatic carbocycles. The van der Waals surface area contributed by atoms with Crippen LogP contribution in [0.1, 0.15) is 79.6 Å². The fraction of sp³-hybridized carbons (Fsp3) is 0.800. The van der Waals surface area contributed by atoms with Gasteiger partial charge in [0, 0.05) is 58.9 Å². The number of esters is 1. The molecule has 1 aromatic rings. The summed E-state index contributed by atoms with van der Waals surface area (Å²) >= 11 is 0. The summed E-state index contributed by atoms with van der Waals surface area (Å²) in [6.45, 7) is 16.3. The van der Waals surface area contributed by atoms with Crippen molar-refractivity contribution in [1.29, 1.82) is 0 Å². The van der Waals surface area contributed by atoms with Gasteiger partial charge in [-0.2, -0.15) is 15.0 Å². The Bertz CT molecular complexity index is 1050. The zero-order valence-electron chi connectivity index (χ0n) is 26.3. The van der Waals surface area contributed by atoms with Crippen LogP contribution in [0.15, 0.2) is 0 Å². The monoisotopic (exact) mass is 586 g/mol. The van der Waals surface area contributed by atoms with E-state index in [9.17, 15) is 14.4 Å². The summed E-state index contributed by atoms with van der Waals surface area (Å²) in [5.41, 5.74) is -1.15. The van der Waals surface area contributed by atoms with Crippen LogP contribution in [0, 0.1) is 5.41 Å². The molecule has 0 bridgehead atoms. The molecule has 0 radical (unpaired) electrons. The lowest BCUT2D eigenvalue weighted by atomic mass is 9.72. The average Bonchev–Trinajstić information content (AvgIpc) is 3.52. The number of rotatable bonds is 11. The number of carbonyl (C=O) groups is 3. The molecule has 1 aliphatic carbocycles. The molecule has 12 heteroatoms. The highest BCUT2D eigenvalue weighted by Crippen LogP contribution is 2.41. The van der Waals surface area contributed by atoms with E-state index in [0.717, 1.165) is 51.9 Å². The highest BCUT2D eigenvalue weighted by Gasteiger charge is 2.52. The van der Waals surface area contributed by atoms with Crippen molar-refractivity contribution in [2.75, 3.05) is 80.2 Å². The number of anilines is 3. The van der Waals surface area contributed by atoms with Crippen LogP contribution in [-0.2, 0) is 19.1 Å². The van der Waals surface area contributed by atoms with Gasteiger partial charge < -0.3 is 29.2 Å². The first-order valence-electron chi connectivity index (χ1n) is 16.1. The smallest absolute Gasteiger partial charge is 0.321 e. The largest absolute Gasteiger partial charge is 0.465 e. The summed E-state index contributed by atoms with van der Waals surface area (Å²) in [7, 11) is 0. The van der Waals surface area contributed by atoms with Gasteiger partial charge in [-0.25, -0.2) is 0 Å². The van der Waals surface area contributed by atoms with Gasteiger partial charge in [-0.1, -0.05) is 19.3 Å². The normalized spacial score (nSPS) is 20.4. The first-order valence-corrected chi connectivity index (χ1v) is 16.1. The van der Waals surface area contributed by atoms with Crippen LogP contribution < -0.4 is 14.7 Å². The summed E-state index contributed by atoms with van der Waals surface area (Å²) < 4.78 is 5.40. The van der Waals surface area contributed by atoms with Crippen molar-refractivity contribution in [2.45, 2.75) is 85.6 Å². The van der Waals surface area contributed by atoms with Crippen molar-refractivity contribution in [3.63, 3.8) is 0 Å². The van der Waals surface area contributed by atoms with Crippen LogP contribution in [0.2, 0.25) is 0 Å². The van der Waals surface area contributed by atoms with Gasteiger partial charge in [-0.05, 0) is 60.3 Å². The van der Waals surface area contributed by atoms with Crippen molar-refractivity contribution in [1.82, 2.24) is 24.8 Å². The second kappa shape index (κ2) is 14.3. The summed E-state index contributed by atoms with van der Waals surface area (Å²) in [6.07, 6.45) is 5.03. The van der Waals surface area contributed by atoms with Crippen LogP contribution in [0.5, 0.6) is 0 Å². The Morgan fingerprint density at radius 2 is 1.36 bits per heavy atom. The predicted octanol–water partition coefficient (Wildman–Crippen LogP) is 2.72. The molecular weight excluding hydrogens is 536 g/mol. The molecule has 4 rings (SSSR count). The van der Waals surface area contributed by atoms with Gasteiger partial charge in [-0.15, -0.1) is 0 Å². The van der Waals surface area contributed by atoms with Crippen LogP contribution in [0.3, 0.4) is 0 Å². The summed E-state index contributed by atoms with van der Waals surface area (Å²) in [5, 5.41) is 0. The summed E-state index contributed by atoms with van der Waals surface area (Å²) in [6, 6.07) is -0.530. The molecule has 12 nitrogen and oxygen atoms in total. The first-order chi connectivity index (χ1) is 20.3. The maximum Gasteiger partial charge on any atom is 0.321 e. The molecule has 0 spiro atoms. The van der Waals surface area contributed by atoms with Crippen LogP contribution >= 0.6 is 0 Å². The molecule has 2 aliphatic heterocycles. The van der Waals surface area contributed by atoms with Gasteiger partial charge >= 0.3 is 5.97 Å². The minimum Gasteiger partial charge on any atom is -0.465 e. The van der Waals surface area contributed by atoms with Crippen molar-refractivity contribution >= 4 is 35.6 Å². The molecule has 1 unspecified atom stereocenters. The third-order valence-corrected chi connectivity index (χ3v) is 9.15. The van der Waals surface area contributed by atoms with Gasteiger partial charge in [0.1, 0.15) is 11.5 Å².